The minimum Gasteiger partial charge on any atom is -0.351 e. The number of carbonyl (C=O) groups is 1. The molecule has 1 aliphatic heterocycles. The Morgan fingerprint density at radius 2 is 2.06 bits per heavy atom. The van der Waals surface area contributed by atoms with Gasteiger partial charge in [0.05, 0.1) is 0 Å². The average molecular weight is 221 g/mol. The molecule has 1 atom stereocenters. The van der Waals surface area contributed by atoms with Crippen molar-refractivity contribution in [2.45, 2.75) is 47.5 Å². The Hall–Kier alpha value is -1.05. The Morgan fingerprint density at radius 1 is 1.44 bits per heavy atom. The normalized spacial score (nSPS) is 21.2. The number of Topliss-reactive ketones (excluding diaryl/α,β-unsaturated/α-hetero) is 1. The van der Waals surface area contributed by atoms with E-state index in [2.05, 4.69) is 38.8 Å². The van der Waals surface area contributed by atoms with Crippen LogP contribution in [0.25, 0.3) is 0 Å². The molecule has 90 valence electrons. The van der Waals surface area contributed by atoms with Crippen LogP contribution in [0.3, 0.4) is 0 Å². The molecular formula is C14H23NO. The molecule has 0 saturated carbocycles. The predicted octanol–water partition coefficient (Wildman–Crippen LogP) is 3.51. The van der Waals surface area contributed by atoms with Crippen LogP contribution in [0.15, 0.2) is 23.0 Å². The highest BCUT2D eigenvalue weighted by atomic mass is 16.1. The Labute approximate surface area is 99.0 Å². The molecule has 2 heteroatoms. The highest BCUT2D eigenvalue weighted by molar-refractivity contribution is 5.95. The van der Waals surface area contributed by atoms with Gasteiger partial charge in [0.15, 0.2) is 5.78 Å². The van der Waals surface area contributed by atoms with Crippen molar-refractivity contribution in [3.63, 3.8) is 0 Å². The molecule has 0 aromatic rings. The van der Waals surface area contributed by atoms with Crippen LogP contribution in [0, 0.1) is 5.92 Å². The third-order valence-electron chi connectivity index (χ3n) is 3.43. The summed E-state index contributed by atoms with van der Waals surface area (Å²) in [6, 6.07) is 0. The molecule has 0 N–H and O–H groups in total. The highest BCUT2D eigenvalue weighted by Crippen LogP contribution is 2.30. The van der Waals surface area contributed by atoms with E-state index < -0.39 is 0 Å². The van der Waals surface area contributed by atoms with Crippen molar-refractivity contribution in [1.82, 2.24) is 4.90 Å². The fourth-order valence-corrected chi connectivity index (χ4v) is 2.27. The number of rotatable bonds is 4. The third kappa shape index (κ3) is 2.55. The lowest BCUT2D eigenvalue weighted by atomic mass is 9.87. The lowest BCUT2D eigenvalue weighted by Crippen LogP contribution is -2.27. The fourth-order valence-electron chi connectivity index (χ4n) is 2.27. The highest BCUT2D eigenvalue weighted by Gasteiger charge is 2.24. The first-order valence-corrected chi connectivity index (χ1v) is 6.15. The second-order valence-electron chi connectivity index (χ2n) is 4.70. The summed E-state index contributed by atoms with van der Waals surface area (Å²) in [5.74, 6) is 0.481. The van der Waals surface area contributed by atoms with Gasteiger partial charge in [-0.05, 0) is 32.8 Å². The molecular weight excluding hydrogens is 198 g/mol. The zero-order valence-corrected chi connectivity index (χ0v) is 11.1. The molecule has 0 bridgehead atoms. The topological polar surface area (TPSA) is 20.3 Å². The number of hydrogen-bond donors (Lipinski definition) is 0. The molecule has 1 rings (SSSR count). The van der Waals surface area contributed by atoms with Crippen LogP contribution in [-0.2, 0) is 4.79 Å². The zero-order chi connectivity index (χ0) is 12.3. The van der Waals surface area contributed by atoms with Crippen LogP contribution < -0.4 is 0 Å². The van der Waals surface area contributed by atoms with E-state index in [9.17, 15) is 4.79 Å². The summed E-state index contributed by atoms with van der Waals surface area (Å²) in [5, 5.41) is 0. The molecule has 2 nitrogen and oxygen atoms in total. The standard InChI is InChI=1S/C14H23NO/c1-6-7-8-15-9-10(2)11(3)14(12(15)4)13(5)16/h9,11H,6-8H2,1-5H3. The Kier molecular flexibility index (Phi) is 4.34. The SMILES string of the molecule is CCCCN1C=C(C)C(C)C(C(C)=O)=C1C. The molecule has 0 spiro atoms. The van der Waals surface area contributed by atoms with E-state index in [0.29, 0.717) is 0 Å². The van der Waals surface area contributed by atoms with Gasteiger partial charge in [-0.15, -0.1) is 0 Å². The van der Waals surface area contributed by atoms with Crippen LogP contribution in [0.5, 0.6) is 0 Å². The van der Waals surface area contributed by atoms with Crippen molar-refractivity contribution in [3.8, 4) is 0 Å². The van der Waals surface area contributed by atoms with E-state index in [4.69, 9.17) is 0 Å². The summed E-state index contributed by atoms with van der Waals surface area (Å²) >= 11 is 0. The van der Waals surface area contributed by atoms with Gasteiger partial charge in [0, 0.05) is 29.9 Å². The van der Waals surface area contributed by atoms with E-state index in [1.807, 2.05) is 0 Å². The summed E-state index contributed by atoms with van der Waals surface area (Å²) in [5.41, 5.74) is 3.40. The van der Waals surface area contributed by atoms with E-state index in [1.165, 1.54) is 18.4 Å². The van der Waals surface area contributed by atoms with E-state index in [1.54, 1.807) is 6.92 Å². The zero-order valence-electron chi connectivity index (χ0n) is 11.1. The van der Waals surface area contributed by atoms with Gasteiger partial charge in [0.1, 0.15) is 0 Å². The van der Waals surface area contributed by atoms with Crippen LogP contribution in [0.1, 0.15) is 47.5 Å². The van der Waals surface area contributed by atoms with E-state index in [0.717, 1.165) is 17.8 Å². The van der Waals surface area contributed by atoms with Crippen molar-refractivity contribution in [2.75, 3.05) is 6.54 Å². The van der Waals surface area contributed by atoms with Crippen LogP contribution in [0.2, 0.25) is 0 Å². The molecule has 0 aliphatic carbocycles. The molecule has 1 heterocycles. The Bertz CT molecular complexity index is 339. The smallest absolute Gasteiger partial charge is 0.158 e. The third-order valence-corrected chi connectivity index (χ3v) is 3.43. The van der Waals surface area contributed by atoms with Gasteiger partial charge in [-0.2, -0.15) is 0 Å². The van der Waals surface area contributed by atoms with Crippen LogP contribution >= 0.6 is 0 Å². The Morgan fingerprint density at radius 3 is 2.56 bits per heavy atom. The number of unbranched alkanes of at least 4 members (excludes halogenated alkanes) is 1. The largest absolute Gasteiger partial charge is 0.351 e. The first-order valence-electron chi connectivity index (χ1n) is 6.15. The van der Waals surface area contributed by atoms with Crippen LogP contribution in [-0.4, -0.2) is 17.2 Å². The van der Waals surface area contributed by atoms with Crippen molar-refractivity contribution in [2.24, 2.45) is 5.92 Å². The minimum absolute atomic E-state index is 0.207. The molecule has 1 aliphatic rings. The second-order valence-corrected chi connectivity index (χ2v) is 4.70. The first-order chi connectivity index (χ1) is 7.49. The molecule has 0 aromatic carbocycles. The molecule has 1 unspecified atom stereocenters. The monoisotopic (exact) mass is 221 g/mol. The van der Waals surface area contributed by atoms with Crippen molar-refractivity contribution in [3.05, 3.63) is 23.0 Å². The number of carbonyl (C=O) groups excluding carboxylic acids is 1. The van der Waals surface area contributed by atoms with Crippen molar-refractivity contribution < 1.29 is 4.79 Å². The second kappa shape index (κ2) is 5.33. The molecule has 0 saturated heterocycles. The minimum atomic E-state index is 0.207. The van der Waals surface area contributed by atoms with Gasteiger partial charge in [-0.3, -0.25) is 4.79 Å². The lowest BCUT2D eigenvalue weighted by molar-refractivity contribution is -0.114. The number of nitrogens with zero attached hydrogens (tertiary/aromatic N) is 1. The van der Waals surface area contributed by atoms with Gasteiger partial charge < -0.3 is 4.90 Å². The van der Waals surface area contributed by atoms with Crippen molar-refractivity contribution >= 4 is 5.78 Å². The van der Waals surface area contributed by atoms with Crippen molar-refractivity contribution in [1.29, 1.82) is 0 Å². The molecule has 0 amide bonds. The summed E-state index contributed by atoms with van der Waals surface area (Å²) in [4.78, 5) is 13.9. The number of allylic oxidation sites excluding steroid dienone is 3. The summed E-state index contributed by atoms with van der Waals surface area (Å²) in [7, 11) is 0. The summed E-state index contributed by atoms with van der Waals surface area (Å²) < 4.78 is 0. The fraction of sp³-hybridized carbons (Fsp3) is 0.643. The van der Waals surface area contributed by atoms with Gasteiger partial charge in [-0.25, -0.2) is 0 Å². The van der Waals surface area contributed by atoms with E-state index in [-0.39, 0.29) is 11.7 Å². The average Bonchev–Trinajstić information content (AvgIpc) is 2.21. The lowest BCUT2D eigenvalue weighted by Gasteiger charge is -2.32. The van der Waals surface area contributed by atoms with Gasteiger partial charge in [-0.1, -0.05) is 20.3 Å². The maximum absolute atomic E-state index is 11.7. The number of ketones is 1. The summed E-state index contributed by atoms with van der Waals surface area (Å²) in [6.07, 6.45) is 4.55. The summed E-state index contributed by atoms with van der Waals surface area (Å²) in [6.45, 7) is 11.2. The van der Waals surface area contributed by atoms with Gasteiger partial charge >= 0.3 is 0 Å². The maximum atomic E-state index is 11.7. The van der Waals surface area contributed by atoms with Gasteiger partial charge in [0.25, 0.3) is 0 Å². The van der Waals surface area contributed by atoms with Crippen LogP contribution in [0.4, 0.5) is 0 Å². The number of hydrogen-bond acceptors (Lipinski definition) is 2. The molecule has 0 fully saturated rings. The quantitative estimate of drug-likeness (QED) is 0.724. The predicted molar refractivity (Wildman–Crippen MR) is 67.9 cm³/mol. The van der Waals surface area contributed by atoms with E-state index >= 15 is 0 Å². The maximum Gasteiger partial charge on any atom is 0.158 e. The van der Waals surface area contributed by atoms with Gasteiger partial charge in [0.2, 0.25) is 0 Å². The molecule has 0 radical (unpaired) electrons. The molecule has 0 aromatic heterocycles. The Balaban J connectivity index is 2.98. The molecule has 16 heavy (non-hydrogen) atoms. The first kappa shape index (κ1) is 13.0.